The van der Waals surface area contributed by atoms with Crippen molar-refractivity contribution in [3.63, 3.8) is 0 Å². The molecule has 54 heavy (non-hydrogen) atoms. The minimum absolute atomic E-state index is 0.630. The second-order valence-corrected chi connectivity index (χ2v) is 14.6. The van der Waals surface area contributed by atoms with Crippen LogP contribution in [0.2, 0.25) is 0 Å². The number of anilines is 3. The Bertz CT molecular complexity index is 3160. The fourth-order valence-electron chi connectivity index (χ4n) is 7.74. The predicted molar refractivity (Wildman–Crippen MR) is 225 cm³/mol. The number of hydrogen-bond acceptors (Lipinski definition) is 5. The highest BCUT2D eigenvalue weighted by Gasteiger charge is 2.21. The van der Waals surface area contributed by atoms with Gasteiger partial charge in [-0.15, -0.1) is 11.3 Å². The van der Waals surface area contributed by atoms with Gasteiger partial charge in [-0.25, -0.2) is 4.98 Å². The summed E-state index contributed by atoms with van der Waals surface area (Å²) < 4.78 is 15.2. The molecule has 0 radical (unpaired) electrons. The van der Waals surface area contributed by atoms with Crippen LogP contribution in [0.3, 0.4) is 0 Å². The first kappa shape index (κ1) is 30.7. The zero-order valence-corrected chi connectivity index (χ0v) is 29.8. The Balaban J connectivity index is 1.08. The normalized spacial score (nSPS) is 11.7. The second-order valence-electron chi connectivity index (χ2n) is 13.5. The summed E-state index contributed by atoms with van der Waals surface area (Å²) in [5.41, 5.74) is 12.2. The van der Waals surface area contributed by atoms with Gasteiger partial charge in [-0.3, -0.25) is 0 Å². The minimum atomic E-state index is 0.630. The first-order chi connectivity index (χ1) is 26.7. The predicted octanol–water partition coefficient (Wildman–Crippen LogP) is 14.6. The molecule has 0 fully saturated rings. The largest absolute Gasteiger partial charge is 0.456 e. The van der Waals surface area contributed by atoms with Gasteiger partial charge in [-0.1, -0.05) is 109 Å². The van der Waals surface area contributed by atoms with Gasteiger partial charge in [-0.2, -0.15) is 0 Å². The third kappa shape index (κ3) is 5.01. The molecule has 0 bridgehead atoms. The summed E-state index contributed by atoms with van der Waals surface area (Å²) in [6, 6.07) is 63.8. The van der Waals surface area contributed by atoms with Crippen molar-refractivity contribution < 1.29 is 8.83 Å². The number of oxazole rings is 1. The molecule has 0 saturated heterocycles. The molecule has 0 aliphatic carbocycles. The van der Waals surface area contributed by atoms with Gasteiger partial charge in [0.1, 0.15) is 16.7 Å². The molecule has 8 aromatic carbocycles. The number of rotatable bonds is 6. The molecular formula is C49H30N2O2S. The number of para-hydroxylation sites is 1. The van der Waals surface area contributed by atoms with Crippen LogP contribution in [-0.2, 0) is 0 Å². The van der Waals surface area contributed by atoms with Crippen LogP contribution < -0.4 is 4.90 Å². The number of furan rings is 1. The van der Waals surface area contributed by atoms with Crippen molar-refractivity contribution in [1.29, 1.82) is 0 Å². The SMILES string of the molecule is c1ccc(-c2cccc(N(c3ccc(-c4cc5nc(-c6ccccc6)oc5c5c4sc4ccccc45)cc3)c3ccc4oc5ccccc5c4c3)c2)cc1. The molecule has 3 aromatic heterocycles. The molecule has 0 amide bonds. The first-order valence-corrected chi connectivity index (χ1v) is 18.8. The van der Waals surface area contributed by atoms with Crippen LogP contribution in [0.1, 0.15) is 0 Å². The molecule has 0 N–H and O–H groups in total. The standard InChI is InChI=1S/C49H30N2O2S/c1-3-12-31(13-4-1)34-16-11-17-36(28-34)51(37-26-27-44-41(29-37)38-18-7-9-20-43(38)52-44)35-24-22-32(23-25-35)40-30-42-47(53-49(50-42)33-14-5-2-6-15-33)46-39-19-8-10-21-45(39)54-48(40)46/h1-30H. The van der Waals surface area contributed by atoms with Gasteiger partial charge in [0.15, 0.2) is 5.58 Å². The summed E-state index contributed by atoms with van der Waals surface area (Å²) in [4.78, 5) is 7.36. The van der Waals surface area contributed by atoms with Gasteiger partial charge in [0.05, 0.1) is 0 Å². The number of aromatic nitrogens is 1. The third-order valence-electron chi connectivity index (χ3n) is 10.3. The van der Waals surface area contributed by atoms with Gasteiger partial charge >= 0.3 is 0 Å². The lowest BCUT2D eigenvalue weighted by atomic mass is 10.0. The summed E-state index contributed by atoms with van der Waals surface area (Å²) in [6.07, 6.45) is 0. The van der Waals surface area contributed by atoms with Crippen molar-refractivity contribution in [1.82, 2.24) is 4.98 Å². The monoisotopic (exact) mass is 710 g/mol. The fourth-order valence-corrected chi connectivity index (χ4v) is 8.97. The van der Waals surface area contributed by atoms with E-state index in [1.807, 2.05) is 42.5 Å². The average Bonchev–Trinajstić information content (AvgIpc) is 3.95. The van der Waals surface area contributed by atoms with E-state index in [1.54, 1.807) is 11.3 Å². The number of nitrogens with zero attached hydrogens (tertiary/aromatic N) is 2. The Morgan fingerprint density at radius 2 is 1.11 bits per heavy atom. The van der Waals surface area contributed by atoms with Gasteiger partial charge in [-0.05, 0) is 89.5 Å². The zero-order valence-electron chi connectivity index (χ0n) is 28.9. The second kappa shape index (κ2) is 12.3. The molecule has 254 valence electrons. The lowest BCUT2D eigenvalue weighted by molar-refractivity contribution is 0.623. The van der Waals surface area contributed by atoms with Gasteiger partial charge < -0.3 is 13.7 Å². The van der Waals surface area contributed by atoms with Crippen LogP contribution in [0.4, 0.5) is 17.1 Å². The van der Waals surface area contributed by atoms with E-state index in [2.05, 4.69) is 144 Å². The molecule has 5 heteroatoms. The van der Waals surface area contributed by atoms with Crippen molar-refractivity contribution in [3.05, 3.63) is 182 Å². The van der Waals surface area contributed by atoms with Crippen molar-refractivity contribution in [2.45, 2.75) is 0 Å². The van der Waals surface area contributed by atoms with Crippen LogP contribution in [0.15, 0.2) is 191 Å². The maximum atomic E-state index is 6.55. The summed E-state index contributed by atoms with van der Waals surface area (Å²) in [5, 5.41) is 4.49. The van der Waals surface area contributed by atoms with Crippen LogP contribution in [0.25, 0.3) is 86.9 Å². The molecular weight excluding hydrogens is 681 g/mol. The Hall–Kier alpha value is -6.95. The molecule has 0 aliphatic heterocycles. The fraction of sp³-hybridized carbons (Fsp3) is 0. The highest BCUT2D eigenvalue weighted by atomic mass is 32.1. The molecule has 0 aliphatic rings. The van der Waals surface area contributed by atoms with Crippen molar-refractivity contribution in [2.24, 2.45) is 0 Å². The molecule has 4 nitrogen and oxygen atoms in total. The van der Waals surface area contributed by atoms with E-state index < -0.39 is 0 Å². The van der Waals surface area contributed by atoms with E-state index >= 15 is 0 Å². The number of benzene rings is 8. The molecule has 0 spiro atoms. The Kier molecular flexibility index (Phi) is 7.00. The van der Waals surface area contributed by atoms with Gasteiger partial charge in [0.25, 0.3) is 0 Å². The highest BCUT2D eigenvalue weighted by Crippen LogP contribution is 2.46. The summed E-state index contributed by atoms with van der Waals surface area (Å²) in [7, 11) is 0. The highest BCUT2D eigenvalue weighted by molar-refractivity contribution is 7.26. The van der Waals surface area contributed by atoms with Gasteiger partial charge in [0.2, 0.25) is 5.89 Å². The van der Waals surface area contributed by atoms with E-state index in [-0.39, 0.29) is 0 Å². The van der Waals surface area contributed by atoms with Crippen molar-refractivity contribution >= 4 is 81.6 Å². The van der Waals surface area contributed by atoms with Crippen molar-refractivity contribution in [3.8, 4) is 33.7 Å². The average molecular weight is 711 g/mol. The summed E-state index contributed by atoms with van der Waals surface area (Å²) in [5.74, 6) is 0.630. The molecule has 0 saturated carbocycles. The van der Waals surface area contributed by atoms with Crippen LogP contribution in [0.5, 0.6) is 0 Å². The van der Waals surface area contributed by atoms with Crippen LogP contribution >= 0.6 is 11.3 Å². The Morgan fingerprint density at radius 3 is 1.94 bits per heavy atom. The molecule has 11 aromatic rings. The van der Waals surface area contributed by atoms with Crippen LogP contribution in [-0.4, -0.2) is 4.98 Å². The lowest BCUT2D eigenvalue weighted by Gasteiger charge is -2.26. The number of thiophene rings is 1. The molecule has 3 heterocycles. The smallest absolute Gasteiger partial charge is 0.227 e. The first-order valence-electron chi connectivity index (χ1n) is 18.0. The summed E-state index contributed by atoms with van der Waals surface area (Å²) >= 11 is 1.80. The molecule has 11 rings (SSSR count). The van der Waals surface area contributed by atoms with E-state index in [9.17, 15) is 0 Å². The quantitative estimate of drug-likeness (QED) is 0.172. The number of fused-ring (bicyclic) bond motifs is 8. The maximum absolute atomic E-state index is 6.55. The maximum Gasteiger partial charge on any atom is 0.227 e. The Morgan fingerprint density at radius 1 is 0.444 bits per heavy atom. The molecule has 0 unspecified atom stereocenters. The van der Waals surface area contributed by atoms with Crippen molar-refractivity contribution in [2.75, 3.05) is 4.90 Å². The van der Waals surface area contributed by atoms with E-state index in [0.29, 0.717) is 5.89 Å². The van der Waals surface area contributed by atoms with E-state index in [1.165, 1.54) is 20.3 Å². The Labute approximate surface area is 314 Å². The molecule has 0 atom stereocenters. The third-order valence-corrected chi connectivity index (χ3v) is 11.5. The zero-order chi connectivity index (χ0) is 35.6. The minimum Gasteiger partial charge on any atom is -0.456 e. The van der Waals surface area contributed by atoms with Crippen LogP contribution in [0, 0.1) is 0 Å². The van der Waals surface area contributed by atoms with Gasteiger partial charge in [0, 0.05) is 59.1 Å². The number of hydrogen-bond donors (Lipinski definition) is 0. The van der Waals surface area contributed by atoms with E-state index in [4.69, 9.17) is 13.8 Å². The lowest BCUT2D eigenvalue weighted by Crippen LogP contribution is -2.10. The summed E-state index contributed by atoms with van der Waals surface area (Å²) in [6.45, 7) is 0. The topological polar surface area (TPSA) is 42.4 Å². The van der Waals surface area contributed by atoms with E-state index in [0.717, 1.165) is 77.7 Å².